The Bertz CT molecular complexity index is 541. The molecule has 0 radical (unpaired) electrons. The molecule has 114 valence electrons. The van der Waals surface area contributed by atoms with Gasteiger partial charge in [0, 0.05) is 17.3 Å². The van der Waals surface area contributed by atoms with Crippen LogP contribution in [0.4, 0.5) is 14.9 Å². The lowest BCUT2D eigenvalue weighted by atomic mass is 9.66. The first kappa shape index (κ1) is 15.6. The Morgan fingerprint density at radius 2 is 2.05 bits per heavy atom. The number of carboxylic acid groups (broad SMARTS) is 1. The lowest BCUT2D eigenvalue weighted by Crippen LogP contribution is -2.44. The highest BCUT2D eigenvalue weighted by atomic mass is 35.5. The Kier molecular flexibility index (Phi) is 4.67. The fraction of sp³-hybridized carbons (Fsp3) is 0.429. The minimum absolute atomic E-state index is 0.0407. The van der Waals surface area contributed by atoms with Crippen LogP contribution in [0.25, 0.3) is 0 Å². The highest BCUT2D eigenvalue weighted by molar-refractivity contribution is 6.30. The molecule has 1 fully saturated rings. The van der Waals surface area contributed by atoms with Crippen LogP contribution in [0.1, 0.15) is 25.7 Å². The number of aliphatic carboxylic acids is 1. The molecular weight excluding hydrogens is 299 g/mol. The summed E-state index contributed by atoms with van der Waals surface area (Å²) >= 11 is 5.70. The Balaban J connectivity index is 1.88. The van der Waals surface area contributed by atoms with Crippen molar-refractivity contribution in [2.75, 3.05) is 11.9 Å². The van der Waals surface area contributed by atoms with E-state index in [0.29, 0.717) is 0 Å². The lowest BCUT2D eigenvalue weighted by Gasteiger charge is -2.40. The summed E-state index contributed by atoms with van der Waals surface area (Å²) in [5.41, 5.74) is -0.110. The summed E-state index contributed by atoms with van der Waals surface area (Å²) < 4.78 is 13.1. The van der Waals surface area contributed by atoms with Gasteiger partial charge in [0.2, 0.25) is 0 Å². The number of carboxylic acids is 1. The molecule has 5 nitrogen and oxygen atoms in total. The molecule has 0 aromatic heterocycles. The van der Waals surface area contributed by atoms with E-state index in [1.807, 2.05) is 0 Å². The molecule has 1 aliphatic rings. The summed E-state index contributed by atoms with van der Waals surface area (Å²) in [6.07, 6.45) is 2.58. The van der Waals surface area contributed by atoms with Crippen molar-refractivity contribution >= 4 is 29.3 Å². The zero-order chi connectivity index (χ0) is 15.5. The van der Waals surface area contributed by atoms with E-state index in [-0.39, 0.29) is 29.1 Å². The van der Waals surface area contributed by atoms with Crippen molar-refractivity contribution in [1.29, 1.82) is 0 Å². The molecule has 1 aliphatic carbocycles. The van der Waals surface area contributed by atoms with Gasteiger partial charge in [-0.3, -0.25) is 4.79 Å². The standard InChI is InChI=1S/C14H16ClFN2O3/c15-9-4-10(16)6-11(5-9)18-13(21)17-8-14(2-1-3-14)7-12(19)20/h4-6H,1-3,7-8H2,(H,19,20)(H2,17,18,21). The normalized spacial score (nSPS) is 15.9. The molecule has 1 saturated carbocycles. The van der Waals surface area contributed by atoms with Crippen molar-refractivity contribution in [3.05, 3.63) is 29.0 Å². The summed E-state index contributed by atoms with van der Waals surface area (Å²) in [5.74, 6) is -1.41. The lowest BCUT2D eigenvalue weighted by molar-refractivity contribution is -0.141. The number of benzene rings is 1. The number of amides is 2. The predicted octanol–water partition coefficient (Wildman–Crippen LogP) is 3.25. The molecule has 0 saturated heterocycles. The SMILES string of the molecule is O=C(O)CC1(CNC(=O)Nc2cc(F)cc(Cl)c2)CCC1. The van der Waals surface area contributed by atoms with Gasteiger partial charge < -0.3 is 15.7 Å². The minimum atomic E-state index is -0.867. The fourth-order valence-corrected chi connectivity index (χ4v) is 2.70. The van der Waals surface area contributed by atoms with E-state index in [2.05, 4.69) is 10.6 Å². The maximum atomic E-state index is 13.1. The second-order valence-corrected chi connectivity index (χ2v) is 5.83. The summed E-state index contributed by atoms with van der Waals surface area (Å²) in [6.45, 7) is 0.286. The molecule has 2 rings (SSSR count). The average Bonchev–Trinajstić information content (AvgIpc) is 2.30. The van der Waals surface area contributed by atoms with Gasteiger partial charge in [0.1, 0.15) is 5.82 Å². The number of halogens is 2. The fourth-order valence-electron chi connectivity index (χ4n) is 2.48. The zero-order valence-electron chi connectivity index (χ0n) is 11.3. The molecule has 2 amide bonds. The number of rotatable bonds is 5. The molecular formula is C14H16ClFN2O3. The van der Waals surface area contributed by atoms with E-state index in [9.17, 15) is 14.0 Å². The van der Waals surface area contributed by atoms with Crippen LogP contribution in [-0.2, 0) is 4.79 Å². The molecule has 0 unspecified atom stereocenters. The van der Waals surface area contributed by atoms with E-state index in [4.69, 9.17) is 16.7 Å². The number of carbonyl (C=O) groups excluding carboxylic acids is 1. The van der Waals surface area contributed by atoms with E-state index in [0.717, 1.165) is 31.4 Å². The summed E-state index contributed by atoms with van der Waals surface area (Å²) in [4.78, 5) is 22.6. The molecule has 0 atom stereocenters. The Labute approximate surface area is 126 Å². The highest BCUT2D eigenvalue weighted by Gasteiger charge is 2.39. The topological polar surface area (TPSA) is 78.4 Å². The number of anilines is 1. The van der Waals surface area contributed by atoms with Gasteiger partial charge >= 0.3 is 12.0 Å². The van der Waals surface area contributed by atoms with E-state index in [1.54, 1.807) is 0 Å². The molecule has 0 aliphatic heterocycles. The van der Waals surface area contributed by atoms with Gasteiger partial charge in [0.25, 0.3) is 0 Å². The largest absolute Gasteiger partial charge is 0.481 e. The van der Waals surface area contributed by atoms with Gasteiger partial charge in [-0.2, -0.15) is 0 Å². The Morgan fingerprint density at radius 3 is 2.57 bits per heavy atom. The van der Waals surface area contributed by atoms with Crippen LogP contribution in [0.5, 0.6) is 0 Å². The Morgan fingerprint density at radius 1 is 1.33 bits per heavy atom. The minimum Gasteiger partial charge on any atom is -0.481 e. The number of carbonyl (C=O) groups is 2. The van der Waals surface area contributed by atoms with Gasteiger partial charge in [0.05, 0.1) is 6.42 Å². The highest BCUT2D eigenvalue weighted by Crippen LogP contribution is 2.43. The van der Waals surface area contributed by atoms with Crippen molar-refractivity contribution in [1.82, 2.24) is 5.32 Å². The molecule has 0 bridgehead atoms. The monoisotopic (exact) mass is 314 g/mol. The summed E-state index contributed by atoms with van der Waals surface area (Å²) in [5, 5.41) is 14.2. The molecule has 0 spiro atoms. The average molecular weight is 315 g/mol. The van der Waals surface area contributed by atoms with Crippen molar-refractivity contribution in [3.63, 3.8) is 0 Å². The first-order chi connectivity index (χ1) is 9.88. The van der Waals surface area contributed by atoms with Crippen LogP contribution in [0, 0.1) is 11.2 Å². The molecule has 1 aromatic rings. The van der Waals surface area contributed by atoms with Crippen molar-refractivity contribution in [2.24, 2.45) is 5.41 Å². The van der Waals surface area contributed by atoms with Gasteiger partial charge in [-0.05, 0) is 36.5 Å². The van der Waals surface area contributed by atoms with Crippen molar-refractivity contribution in [2.45, 2.75) is 25.7 Å². The number of hydrogen-bond donors (Lipinski definition) is 3. The quantitative estimate of drug-likeness (QED) is 0.780. The molecule has 21 heavy (non-hydrogen) atoms. The summed E-state index contributed by atoms with van der Waals surface area (Å²) in [7, 11) is 0. The third-order valence-electron chi connectivity index (χ3n) is 3.68. The summed E-state index contributed by atoms with van der Waals surface area (Å²) in [6, 6.07) is 3.22. The number of hydrogen-bond acceptors (Lipinski definition) is 2. The van der Waals surface area contributed by atoms with Crippen LogP contribution < -0.4 is 10.6 Å². The van der Waals surface area contributed by atoms with Crippen LogP contribution >= 0.6 is 11.6 Å². The van der Waals surface area contributed by atoms with E-state index >= 15 is 0 Å². The maximum absolute atomic E-state index is 13.1. The van der Waals surface area contributed by atoms with Crippen LogP contribution in [-0.4, -0.2) is 23.7 Å². The predicted molar refractivity (Wildman–Crippen MR) is 77.0 cm³/mol. The third kappa shape index (κ3) is 4.32. The van der Waals surface area contributed by atoms with Crippen LogP contribution in [0.3, 0.4) is 0 Å². The van der Waals surface area contributed by atoms with Gasteiger partial charge in [-0.1, -0.05) is 18.0 Å². The van der Waals surface area contributed by atoms with E-state index in [1.165, 1.54) is 6.07 Å². The van der Waals surface area contributed by atoms with E-state index < -0.39 is 17.8 Å². The second-order valence-electron chi connectivity index (χ2n) is 5.39. The van der Waals surface area contributed by atoms with Gasteiger partial charge in [0.15, 0.2) is 0 Å². The van der Waals surface area contributed by atoms with Crippen molar-refractivity contribution in [3.8, 4) is 0 Å². The first-order valence-electron chi connectivity index (χ1n) is 6.61. The molecule has 3 N–H and O–H groups in total. The maximum Gasteiger partial charge on any atom is 0.319 e. The number of urea groups is 1. The Hall–Kier alpha value is -1.82. The van der Waals surface area contributed by atoms with Crippen molar-refractivity contribution < 1.29 is 19.1 Å². The van der Waals surface area contributed by atoms with Gasteiger partial charge in [-0.25, -0.2) is 9.18 Å². The molecule has 1 aromatic carbocycles. The van der Waals surface area contributed by atoms with Crippen LogP contribution in [0.15, 0.2) is 18.2 Å². The first-order valence-corrected chi connectivity index (χ1v) is 6.99. The molecule has 0 heterocycles. The second kappa shape index (κ2) is 6.30. The van der Waals surface area contributed by atoms with Gasteiger partial charge in [-0.15, -0.1) is 0 Å². The van der Waals surface area contributed by atoms with Crippen LogP contribution in [0.2, 0.25) is 5.02 Å². The third-order valence-corrected chi connectivity index (χ3v) is 3.90. The number of nitrogens with one attached hydrogen (secondary N) is 2. The molecule has 7 heteroatoms. The smallest absolute Gasteiger partial charge is 0.319 e. The zero-order valence-corrected chi connectivity index (χ0v) is 12.0.